The predicted octanol–water partition coefficient (Wildman–Crippen LogP) is 1.04. The van der Waals surface area contributed by atoms with E-state index in [1.165, 1.54) is 5.56 Å². The van der Waals surface area contributed by atoms with Crippen molar-refractivity contribution in [3.05, 3.63) is 45.8 Å². The molecule has 2 bridgehead atoms. The molecule has 0 radical (unpaired) electrons. The van der Waals surface area contributed by atoms with Crippen LogP contribution in [0.15, 0.2) is 24.3 Å². The van der Waals surface area contributed by atoms with Gasteiger partial charge in [0.15, 0.2) is 17.6 Å². The average Bonchev–Trinajstić information content (AvgIpc) is 3.27. The SMILES string of the molecule is C[C@@H]1CC[C@]23c4c5ccc(OC(=O)CCCCO[NH+]([O-])O)c4O[C@H]2[C@@H](OC(=O)CCCCO[NH+]([O-])O)C=CC3[C@H]1C5. The zero-order valence-electron chi connectivity index (χ0n) is 23.0. The van der Waals surface area contributed by atoms with Crippen molar-refractivity contribution in [1.82, 2.24) is 0 Å². The fourth-order valence-corrected chi connectivity index (χ4v) is 7.20. The highest BCUT2D eigenvalue weighted by molar-refractivity contribution is 5.75. The molecule has 5 rings (SSSR count). The first-order chi connectivity index (χ1) is 19.7. The van der Waals surface area contributed by atoms with E-state index in [0.717, 1.165) is 24.8 Å². The van der Waals surface area contributed by atoms with Crippen molar-refractivity contribution >= 4 is 11.9 Å². The molecule has 1 aromatic carbocycles. The molecule has 1 fully saturated rings. The fourth-order valence-electron chi connectivity index (χ4n) is 7.20. The number of esters is 2. The molecule has 13 heteroatoms. The molecule has 3 unspecified atom stereocenters. The quantitative estimate of drug-likeness (QED) is 0.0816. The summed E-state index contributed by atoms with van der Waals surface area (Å²) in [6.07, 6.45) is 7.78. The van der Waals surface area contributed by atoms with E-state index < -0.39 is 29.0 Å². The van der Waals surface area contributed by atoms with Crippen LogP contribution >= 0.6 is 0 Å². The van der Waals surface area contributed by atoms with E-state index >= 15 is 0 Å². The van der Waals surface area contributed by atoms with E-state index in [1.807, 2.05) is 12.1 Å². The van der Waals surface area contributed by atoms with Crippen LogP contribution in [0.1, 0.15) is 69.4 Å². The second-order valence-electron chi connectivity index (χ2n) is 11.4. The van der Waals surface area contributed by atoms with Gasteiger partial charge in [-0.05, 0) is 80.4 Å². The van der Waals surface area contributed by atoms with Crippen LogP contribution in [0.3, 0.4) is 0 Å². The molecule has 0 saturated heterocycles. The Hall–Kier alpha value is -2.62. The lowest BCUT2D eigenvalue weighted by atomic mass is 9.48. The largest absolute Gasteiger partial charge is 0.566 e. The summed E-state index contributed by atoms with van der Waals surface area (Å²) in [5, 5.41) is 35.5. The number of rotatable bonds is 14. The second-order valence-corrected chi connectivity index (χ2v) is 11.4. The molecule has 226 valence electrons. The minimum absolute atomic E-state index is 0.0181. The lowest BCUT2D eigenvalue weighted by Gasteiger charge is -2.55. The summed E-state index contributed by atoms with van der Waals surface area (Å²) in [5.74, 6) is 1.23. The maximum Gasteiger partial charge on any atom is 0.311 e. The van der Waals surface area contributed by atoms with Gasteiger partial charge < -0.3 is 24.6 Å². The van der Waals surface area contributed by atoms with Crippen LogP contribution in [0.5, 0.6) is 11.5 Å². The number of ether oxygens (including phenoxy) is 3. The molecule has 13 nitrogen and oxygen atoms in total. The Bertz CT molecular complexity index is 1140. The number of unbranched alkanes of at least 4 members (excludes halogenated alkanes) is 2. The summed E-state index contributed by atoms with van der Waals surface area (Å²) in [5.41, 5.74) is 1.86. The van der Waals surface area contributed by atoms with Gasteiger partial charge in [-0.1, -0.05) is 29.8 Å². The fraction of sp³-hybridized carbons (Fsp3) is 0.643. The predicted molar refractivity (Wildman–Crippen MR) is 138 cm³/mol. The summed E-state index contributed by atoms with van der Waals surface area (Å²) in [7, 11) is 0. The number of allylic oxidation sites excluding steroid dienone is 1. The Balaban J connectivity index is 1.31. The summed E-state index contributed by atoms with van der Waals surface area (Å²) >= 11 is 0. The number of nitrogens with one attached hydrogen (secondary N) is 2. The molecule has 41 heavy (non-hydrogen) atoms. The Morgan fingerprint density at radius 2 is 1.71 bits per heavy atom. The monoisotopic (exact) mass is 578 g/mol. The maximum atomic E-state index is 12.8. The van der Waals surface area contributed by atoms with Crippen molar-refractivity contribution in [2.24, 2.45) is 17.8 Å². The highest BCUT2D eigenvalue weighted by Crippen LogP contribution is 2.65. The van der Waals surface area contributed by atoms with Gasteiger partial charge in [0.05, 0.1) is 0 Å². The van der Waals surface area contributed by atoms with Gasteiger partial charge in [-0.15, -0.1) is 0 Å². The van der Waals surface area contributed by atoms with Crippen LogP contribution in [0.2, 0.25) is 0 Å². The average molecular weight is 579 g/mol. The van der Waals surface area contributed by atoms with Crippen LogP contribution in [-0.2, 0) is 35.8 Å². The molecule has 1 heterocycles. The summed E-state index contributed by atoms with van der Waals surface area (Å²) < 4.78 is 18.3. The van der Waals surface area contributed by atoms with E-state index in [4.69, 9.17) is 24.6 Å². The summed E-state index contributed by atoms with van der Waals surface area (Å²) in [4.78, 5) is 34.4. The third-order valence-electron chi connectivity index (χ3n) is 8.98. The van der Waals surface area contributed by atoms with Gasteiger partial charge in [-0.2, -0.15) is 20.1 Å². The van der Waals surface area contributed by atoms with E-state index in [2.05, 4.69) is 22.7 Å². The van der Waals surface area contributed by atoms with Gasteiger partial charge in [0.1, 0.15) is 19.3 Å². The molecule has 1 aliphatic heterocycles. The van der Waals surface area contributed by atoms with Crippen molar-refractivity contribution in [3.63, 3.8) is 0 Å². The zero-order chi connectivity index (χ0) is 29.1. The minimum Gasteiger partial charge on any atom is -0.566 e. The normalized spacial score (nSPS) is 30.2. The smallest absolute Gasteiger partial charge is 0.311 e. The van der Waals surface area contributed by atoms with Gasteiger partial charge in [0.25, 0.3) is 0 Å². The van der Waals surface area contributed by atoms with Crippen LogP contribution < -0.4 is 20.3 Å². The molecule has 4 aliphatic rings. The van der Waals surface area contributed by atoms with E-state index in [1.54, 1.807) is 6.07 Å². The highest BCUT2D eigenvalue weighted by Gasteiger charge is 2.65. The summed E-state index contributed by atoms with van der Waals surface area (Å²) in [6.45, 7) is 2.34. The zero-order valence-corrected chi connectivity index (χ0v) is 23.0. The third-order valence-corrected chi connectivity index (χ3v) is 8.98. The van der Waals surface area contributed by atoms with Crippen molar-refractivity contribution in [1.29, 1.82) is 0 Å². The molecule has 1 spiro atoms. The molecular formula is C28H38N2O11. The number of carbonyl (C=O) groups is 2. The first-order valence-corrected chi connectivity index (χ1v) is 14.3. The van der Waals surface area contributed by atoms with E-state index in [9.17, 15) is 20.0 Å². The van der Waals surface area contributed by atoms with Crippen LogP contribution in [-0.4, -0.2) is 47.8 Å². The van der Waals surface area contributed by atoms with Crippen molar-refractivity contribution in [3.8, 4) is 11.5 Å². The highest BCUT2D eigenvalue weighted by atomic mass is 17.1. The maximum absolute atomic E-state index is 12.8. The number of carbonyl (C=O) groups excluding carboxylic acids is 2. The van der Waals surface area contributed by atoms with Gasteiger partial charge in [0.2, 0.25) is 0 Å². The molecule has 1 saturated carbocycles. The van der Waals surface area contributed by atoms with Gasteiger partial charge >= 0.3 is 11.9 Å². The first-order valence-electron chi connectivity index (χ1n) is 14.3. The number of hydrogen-bond acceptors (Lipinski definition) is 11. The lowest BCUT2D eigenvalue weighted by Crippen LogP contribution is -3.03. The van der Waals surface area contributed by atoms with Crippen molar-refractivity contribution < 1.29 is 54.7 Å². The van der Waals surface area contributed by atoms with Crippen molar-refractivity contribution in [2.75, 3.05) is 13.2 Å². The first kappa shape index (κ1) is 29.9. The van der Waals surface area contributed by atoms with E-state index in [-0.39, 0.29) is 43.4 Å². The molecule has 4 N–H and O–H groups in total. The van der Waals surface area contributed by atoms with Crippen molar-refractivity contribution in [2.45, 2.75) is 82.3 Å². The standard InChI is InChI=1S/C28H38N2O11/c1-17-12-13-28-20-9-11-22(40-24(32)7-3-5-15-38-30(35)36)27(28)41-26-21(10-8-18(25(26)28)16-19(17)20)39-23(31)6-2-4-14-37-29(33)34/h8-11,17,19-20,22,27,29-30,33,35H,2-7,12-16H2,1H3/t17-,19+,20?,22+,27+,28+/m1/s1. The topological polar surface area (TPSA) is 176 Å². The minimum atomic E-state index is -1.34. The molecule has 3 aliphatic carbocycles. The van der Waals surface area contributed by atoms with Gasteiger partial charge in [-0.3, -0.25) is 9.59 Å². The Morgan fingerprint density at radius 3 is 2.39 bits per heavy atom. The van der Waals surface area contributed by atoms with Crippen LogP contribution in [0, 0.1) is 28.2 Å². The third kappa shape index (κ3) is 6.13. The molecule has 8 atom stereocenters. The molecule has 0 aromatic heterocycles. The van der Waals surface area contributed by atoms with Crippen LogP contribution in [0.4, 0.5) is 0 Å². The summed E-state index contributed by atoms with van der Waals surface area (Å²) in [6, 6.07) is 3.80. The molecule has 0 amide bonds. The molecule has 1 aromatic rings. The number of quaternary nitrogens is 2. The van der Waals surface area contributed by atoms with Crippen LogP contribution in [0.25, 0.3) is 0 Å². The van der Waals surface area contributed by atoms with Gasteiger partial charge in [0, 0.05) is 23.8 Å². The van der Waals surface area contributed by atoms with Gasteiger partial charge in [-0.25, -0.2) is 0 Å². The lowest BCUT2D eigenvalue weighted by molar-refractivity contribution is -1.21. The Labute approximate surface area is 237 Å². The van der Waals surface area contributed by atoms with E-state index in [0.29, 0.717) is 49.0 Å². The number of benzene rings is 1. The molecular weight excluding hydrogens is 540 g/mol. The second kappa shape index (κ2) is 12.7. The Morgan fingerprint density at radius 1 is 1.02 bits per heavy atom. The number of hydrogen-bond donors (Lipinski definition) is 4. The Kier molecular flexibility index (Phi) is 9.26.